The van der Waals surface area contributed by atoms with Gasteiger partial charge in [0.15, 0.2) is 9.84 Å². The number of likely N-dealkylation sites (tertiary alicyclic amines) is 1. The van der Waals surface area contributed by atoms with Crippen LogP contribution >= 0.6 is 0 Å². The summed E-state index contributed by atoms with van der Waals surface area (Å²) in [6.07, 6.45) is 3.29. The highest BCUT2D eigenvalue weighted by Crippen LogP contribution is 2.29. The van der Waals surface area contributed by atoms with Gasteiger partial charge in [0.1, 0.15) is 18.2 Å². The lowest BCUT2D eigenvalue weighted by molar-refractivity contribution is -0.129. The van der Waals surface area contributed by atoms with E-state index >= 15 is 0 Å². The molecule has 1 aromatic heterocycles. The third kappa shape index (κ3) is 3.80. The standard InChI is InChI=1S/C21H22N4O3S/c1-24(19-10-11-25(21(19)26)13-15-6-4-3-5-7-15)20-17-12-16(29(2,27)28)8-9-18(17)22-14-23-20/h3-9,12,14,19H,10-11,13H2,1-2H3. The van der Waals surface area contributed by atoms with Crippen molar-refractivity contribution >= 4 is 32.5 Å². The minimum absolute atomic E-state index is 0.0439. The molecule has 1 unspecified atom stereocenters. The summed E-state index contributed by atoms with van der Waals surface area (Å²) in [6, 6.07) is 14.3. The van der Waals surface area contributed by atoms with E-state index in [9.17, 15) is 13.2 Å². The Morgan fingerprint density at radius 1 is 1.14 bits per heavy atom. The van der Waals surface area contributed by atoms with E-state index in [0.29, 0.717) is 36.2 Å². The minimum atomic E-state index is -3.36. The van der Waals surface area contributed by atoms with Crippen LogP contribution in [0.3, 0.4) is 0 Å². The number of likely N-dealkylation sites (N-methyl/N-ethyl adjacent to an activating group) is 1. The molecule has 8 heteroatoms. The Morgan fingerprint density at radius 3 is 2.62 bits per heavy atom. The van der Waals surface area contributed by atoms with Gasteiger partial charge >= 0.3 is 0 Å². The van der Waals surface area contributed by atoms with E-state index in [1.54, 1.807) is 12.1 Å². The molecule has 1 fully saturated rings. The van der Waals surface area contributed by atoms with Crippen LogP contribution in [0.15, 0.2) is 59.8 Å². The summed E-state index contributed by atoms with van der Waals surface area (Å²) < 4.78 is 23.9. The second-order valence-electron chi connectivity index (χ2n) is 7.31. The van der Waals surface area contributed by atoms with E-state index in [4.69, 9.17) is 0 Å². The molecule has 2 heterocycles. The van der Waals surface area contributed by atoms with Crippen LogP contribution in [-0.4, -0.2) is 55.1 Å². The van der Waals surface area contributed by atoms with Crippen molar-refractivity contribution in [2.75, 3.05) is 24.7 Å². The maximum atomic E-state index is 13.0. The Bertz CT molecular complexity index is 1170. The summed E-state index contributed by atoms with van der Waals surface area (Å²) in [7, 11) is -1.54. The third-order valence-corrected chi connectivity index (χ3v) is 6.41. The van der Waals surface area contributed by atoms with Gasteiger partial charge in [0.25, 0.3) is 0 Å². The minimum Gasteiger partial charge on any atom is -0.347 e. The molecule has 0 spiro atoms. The number of carbonyl (C=O) groups is 1. The highest BCUT2D eigenvalue weighted by Gasteiger charge is 2.35. The molecular weight excluding hydrogens is 388 g/mol. The molecule has 150 valence electrons. The summed E-state index contributed by atoms with van der Waals surface area (Å²) in [5.74, 6) is 0.600. The van der Waals surface area contributed by atoms with E-state index in [1.807, 2.05) is 47.2 Å². The number of nitrogens with zero attached hydrogens (tertiary/aromatic N) is 4. The summed E-state index contributed by atoms with van der Waals surface area (Å²) >= 11 is 0. The number of carbonyl (C=O) groups excluding carboxylic acids is 1. The number of amides is 1. The zero-order valence-electron chi connectivity index (χ0n) is 16.3. The van der Waals surface area contributed by atoms with Crippen LogP contribution in [0.2, 0.25) is 0 Å². The van der Waals surface area contributed by atoms with Crippen molar-refractivity contribution in [3.05, 3.63) is 60.4 Å². The number of benzene rings is 2. The van der Waals surface area contributed by atoms with Gasteiger partial charge in [0.2, 0.25) is 5.91 Å². The zero-order valence-corrected chi connectivity index (χ0v) is 17.1. The molecule has 7 nitrogen and oxygen atoms in total. The molecule has 0 radical (unpaired) electrons. The van der Waals surface area contributed by atoms with Gasteiger partial charge in [-0.05, 0) is 30.2 Å². The summed E-state index contributed by atoms with van der Waals surface area (Å²) in [4.78, 5) is 25.5. The first-order chi connectivity index (χ1) is 13.8. The maximum Gasteiger partial charge on any atom is 0.245 e. The maximum absolute atomic E-state index is 13.0. The van der Waals surface area contributed by atoms with Gasteiger partial charge in [0, 0.05) is 31.8 Å². The summed E-state index contributed by atoms with van der Waals surface area (Å²) in [6.45, 7) is 1.24. The van der Waals surface area contributed by atoms with Crippen molar-refractivity contribution in [1.82, 2.24) is 14.9 Å². The van der Waals surface area contributed by atoms with Gasteiger partial charge in [0.05, 0.1) is 10.4 Å². The molecule has 0 saturated carbocycles. The van der Waals surface area contributed by atoms with Gasteiger partial charge in [-0.2, -0.15) is 0 Å². The predicted molar refractivity (Wildman–Crippen MR) is 111 cm³/mol. The fourth-order valence-corrected chi connectivity index (χ4v) is 4.37. The van der Waals surface area contributed by atoms with Crippen LogP contribution in [0.25, 0.3) is 10.9 Å². The number of rotatable bonds is 5. The first-order valence-electron chi connectivity index (χ1n) is 9.35. The second kappa shape index (κ2) is 7.44. The number of anilines is 1. The topological polar surface area (TPSA) is 83.5 Å². The fourth-order valence-electron chi connectivity index (χ4n) is 3.72. The Morgan fingerprint density at radius 2 is 1.90 bits per heavy atom. The molecule has 29 heavy (non-hydrogen) atoms. The quantitative estimate of drug-likeness (QED) is 0.642. The number of fused-ring (bicyclic) bond motifs is 1. The second-order valence-corrected chi connectivity index (χ2v) is 9.32. The molecule has 1 aliphatic heterocycles. The van der Waals surface area contributed by atoms with Gasteiger partial charge in [-0.1, -0.05) is 30.3 Å². The van der Waals surface area contributed by atoms with Crippen molar-refractivity contribution < 1.29 is 13.2 Å². The molecule has 3 aromatic rings. The molecule has 0 N–H and O–H groups in total. The van der Waals surface area contributed by atoms with Gasteiger partial charge in [-0.25, -0.2) is 18.4 Å². The molecule has 1 aliphatic rings. The predicted octanol–water partition coefficient (Wildman–Crippen LogP) is 2.27. The van der Waals surface area contributed by atoms with Gasteiger partial charge in [-0.15, -0.1) is 0 Å². The van der Waals surface area contributed by atoms with Crippen LogP contribution in [-0.2, 0) is 21.2 Å². The van der Waals surface area contributed by atoms with Gasteiger partial charge < -0.3 is 9.80 Å². The summed E-state index contributed by atoms with van der Waals surface area (Å²) in [5, 5.41) is 0.618. The smallest absolute Gasteiger partial charge is 0.245 e. The lowest BCUT2D eigenvalue weighted by Crippen LogP contribution is -2.40. The average molecular weight is 410 g/mol. The monoisotopic (exact) mass is 410 g/mol. The average Bonchev–Trinajstić information content (AvgIpc) is 3.07. The van der Waals surface area contributed by atoms with Crippen LogP contribution in [0.4, 0.5) is 5.82 Å². The van der Waals surface area contributed by atoms with Crippen LogP contribution in [0.1, 0.15) is 12.0 Å². The fraction of sp³-hybridized carbons (Fsp3) is 0.286. The van der Waals surface area contributed by atoms with E-state index in [0.717, 1.165) is 5.56 Å². The molecule has 1 atom stereocenters. The Hall–Kier alpha value is -3.00. The molecule has 0 aliphatic carbocycles. The zero-order chi connectivity index (χ0) is 20.6. The number of hydrogen-bond acceptors (Lipinski definition) is 6. The van der Waals surface area contributed by atoms with Crippen molar-refractivity contribution in [2.45, 2.75) is 23.9 Å². The lowest BCUT2D eigenvalue weighted by atomic mass is 10.1. The van der Waals surface area contributed by atoms with E-state index < -0.39 is 9.84 Å². The van der Waals surface area contributed by atoms with Crippen LogP contribution in [0, 0.1) is 0 Å². The number of sulfone groups is 1. The van der Waals surface area contributed by atoms with Crippen molar-refractivity contribution in [3.8, 4) is 0 Å². The van der Waals surface area contributed by atoms with Crippen molar-refractivity contribution in [1.29, 1.82) is 0 Å². The van der Waals surface area contributed by atoms with Gasteiger partial charge in [-0.3, -0.25) is 4.79 Å². The van der Waals surface area contributed by atoms with Crippen molar-refractivity contribution in [2.24, 2.45) is 0 Å². The highest BCUT2D eigenvalue weighted by atomic mass is 32.2. The molecular formula is C21H22N4O3S. The molecule has 1 amide bonds. The Labute approximate surface area is 169 Å². The molecule has 2 aromatic carbocycles. The highest BCUT2D eigenvalue weighted by molar-refractivity contribution is 7.90. The summed E-state index contributed by atoms with van der Waals surface area (Å²) in [5.41, 5.74) is 1.73. The molecule has 0 bridgehead atoms. The first kappa shape index (κ1) is 19.3. The van der Waals surface area contributed by atoms with E-state index in [2.05, 4.69) is 9.97 Å². The van der Waals surface area contributed by atoms with Crippen LogP contribution in [0.5, 0.6) is 0 Å². The Balaban J connectivity index is 1.63. The largest absolute Gasteiger partial charge is 0.347 e. The molecule has 1 saturated heterocycles. The first-order valence-corrected chi connectivity index (χ1v) is 11.2. The molecule has 4 rings (SSSR count). The van der Waals surface area contributed by atoms with E-state index in [-0.39, 0.29) is 16.8 Å². The van der Waals surface area contributed by atoms with Crippen LogP contribution < -0.4 is 4.90 Å². The van der Waals surface area contributed by atoms with E-state index in [1.165, 1.54) is 18.6 Å². The normalized spacial score (nSPS) is 17.1. The number of hydrogen-bond donors (Lipinski definition) is 0. The Kier molecular flexibility index (Phi) is 4.96. The van der Waals surface area contributed by atoms with Crippen molar-refractivity contribution in [3.63, 3.8) is 0 Å². The third-order valence-electron chi connectivity index (χ3n) is 5.30. The number of aromatic nitrogens is 2. The lowest BCUT2D eigenvalue weighted by Gasteiger charge is -2.26. The SMILES string of the molecule is CN(c1ncnc2ccc(S(C)(=O)=O)cc12)C1CCN(Cc2ccccc2)C1=O.